The van der Waals surface area contributed by atoms with Gasteiger partial charge in [0, 0.05) is 25.7 Å². The van der Waals surface area contributed by atoms with E-state index in [1.165, 1.54) is 11.1 Å². The number of hydrogen-bond donors (Lipinski definition) is 1. The molecule has 0 aliphatic carbocycles. The zero-order chi connectivity index (χ0) is 14.7. The molecule has 2 aromatic rings. The van der Waals surface area contributed by atoms with Gasteiger partial charge in [-0.15, -0.1) is 0 Å². The van der Waals surface area contributed by atoms with E-state index in [-0.39, 0.29) is 6.04 Å². The van der Waals surface area contributed by atoms with Crippen molar-refractivity contribution < 1.29 is 0 Å². The Balaban J connectivity index is 1.88. The summed E-state index contributed by atoms with van der Waals surface area (Å²) in [5.74, 6) is 0. The van der Waals surface area contributed by atoms with Gasteiger partial charge in [0.25, 0.3) is 0 Å². The third-order valence-electron chi connectivity index (χ3n) is 4.26. The molecule has 3 heteroatoms. The molecule has 106 valence electrons. The number of benzene rings is 2. The van der Waals surface area contributed by atoms with Crippen LogP contribution in [0.1, 0.15) is 28.3 Å². The van der Waals surface area contributed by atoms with Gasteiger partial charge >= 0.3 is 0 Å². The topological polar surface area (TPSA) is 53.0 Å². The average Bonchev–Trinajstić information content (AvgIpc) is 2.55. The Morgan fingerprint density at radius 3 is 2.71 bits per heavy atom. The maximum atomic E-state index is 9.24. The molecule has 0 saturated carbocycles. The first-order chi connectivity index (χ1) is 10.3. The first-order valence-electron chi connectivity index (χ1n) is 7.33. The maximum absolute atomic E-state index is 9.24. The molecule has 1 atom stereocenters. The second kappa shape index (κ2) is 6.09. The molecule has 2 N–H and O–H groups in total. The van der Waals surface area contributed by atoms with E-state index in [4.69, 9.17) is 5.73 Å². The standard InChI is InChI=1S/C18H19N3/c19-11-15-6-1-2-7-16(15)13-21-10-9-14-5-3-4-8-17(14)18(21)12-20/h1-8,18H,9-10,12-13,20H2. The molecule has 1 heterocycles. The second-order valence-corrected chi connectivity index (χ2v) is 5.44. The Morgan fingerprint density at radius 1 is 1.14 bits per heavy atom. The molecule has 1 aliphatic heterocycles. The largest absolute Gasteiger partial charge is 0.329 e. The lowest BCUT2D eigenvalue weighted by molar-refractivity contribution is 0.181. The molecule has 1 unspecified atom stereocenters. The molecule has 0 aromatic heterocycles. The quantitative estimate of drug-likeness (QED) is 0.938. The lowest BCUT2D eigenvalue weighted by Gasteiger charge is -2.37. The van der Waals surface area contributed by atoms with E-state index >= 15 is 0 Å². The number of nitrogens with zero attached hydrogens (tertiary/aromatic N) is 2. The Morgan fingerprint density at radius 2 is 1.90 bits per heavy atom. The van der Waals surface area contributed by atoms with Crippen LogP contribution in [-0.4, -0.2) is 18.0 Å². The van der Waals surface area contributed by atoms with E-state index in [1.54, 1.807) is 0 Å². The summed E-state index contributed by atoms with van der Waals surface area (Å²) in [6, 6.07) is 18.9. The SMILES string of the molecule is N#Cc1ccccc1CN1CCc2ccccc2C1CN. The fourth-order valence-corrected chi connectivity index (χ4v) is 3.15. The fraction of sp³-hybridized carbons (Fsp3) is 0.278. The van der Waals surface area contributed by atoms with E-state index < -0.39 is 0 Å². The van der Waals surface area contributed by atoms with Gasteiger partial charge in [0.1, 0.15) is 0 Å². The second-order valence-electron chi connectivity index (χ2n) is 5.44. The minimum atomic E-state index is 0.238. The highest BCUT2D eigenvalue weighted by Gasteiger charge is 2.26. The first-order valence-corrected chi connectivity index (χ1v) is 7.33. The monoisotopic (exact) mass is 277 g/mol. The van der Waals surface area contributed by atoms with E-state index in [0.29, 0.717) is 6.54 Å². The summed E-state index contributed by atoms with van der Waals surface area (Å²) in [5.41, 5.74) is 10.6. The molecular weight excluding hydrogens is 258 g/mol. The minimum Gasteiger partial charge on any atom is -0.329 e. The highest BCUT2D eigenvalue weighted by atomic mass is 15.2. The summed E-state index contributed by atoms with van der Waals surface area (Å²) in [6.07, 6.45) is 1.04. The molecule has 3 rings (SSSR count). The Labute approximate surface area is 125 Å². The number of hydrogen-bond acceptors (Lipinski definition) is 3. The Bertz CT molecular complexity index is 672. The van der Waals surface area contributed by atoms with Crippen LogP contribution < -0.4 is 5.73 Å². The highest BCUT2D eigenvalue weighted by Crippen LogP contribution is 2.30. The Kier molecular flexibility index (Phi) is 4.01. The van der Waals surface area contributed by atoms with Gasteiger partial charge in [0.2, 0.25) is 0 Å². The summed E-state index contributed by atoms with van der Waals surface area (Å²) in [6.45, 7) is 2.37. The molecule has 2 aromatic carbocycles. The normalized spacial score (nSPS) is 18.0. The van der Waals surface area contributed by atoms with Crippen molar-refractivity contribution in [3.8, 4) is 6.07 Å². The van der Waals surface area contributed by atoms with Crippen molar-refractivity contribution in [2.75, 3.05) is 13.1 Å². The lowest BCUT2D eigenvalue weighted by Crippen LogP contribution is -2.38. The van der Waals surface area contributed by atoms with Crippen molar-refractivity contribution in [1.82, 2.24) is 4.90 Å². The number of rotatable bonds is 3. The summed E-state index contributed by atoms with van der Waals surface area (Å²) < 4.78 is 0. The highest BCUT2D eigenvalue weighted by molar-refractivity contribution is 5.38. The van der Waals surface area contributed by atoms with Gasteiger partial charge in [-0.2, -0.15) is 5.26 Å². The molecule has 1 aliphatic rings. The number of fused-ring (bicyclic) bond motifs is 1. The predicted octanol–water partition coefficient (Wildman–Crippen LogP) is 2.62. The van der Waals surface area contributed by atoms with Gasteiger partial charge < -0.3 is 5.73 Å². The zero-order valence-electron chi connectivity index (χ0n) is 12.0. The van der Waals surface area contributed by atoms with E-state index in [1.807, 2.05) is 24.3 Å². The molecular formula is C18H19N3. The van der Waals surface area contributed by atoms with Gasteiger partial charge in [0.05, 0.1) is 11.6 Å². The van der Waals surface area contributed by atoms with Crippen LogP contribution in [0.5, 0.6) is 0 Å². The van der Waals surface area contributed by atoms with E-state index in [0.717, 1.165) is 30.6 Å². The minimum absolute atomic E-state index is 0.238. The summed E-state index contributed by atoms with van der Waals surface area (Å²) in [5, 5.41) is 9.24. The summed E-state index contributed by atoms with van der Waals surface area (Å²) in [7, 11) is 0. The van der Waals surface area contributed by atoms with Crippen molar-refractivity contribution >= 4 is 0 Å². The first kappa shape index (κ1) is 13.8. The summed E-state index contributed by atoms with van der Waals surface area (Å²) in [4.78, 5) is 2.39. The van der Waals surface area contributed by atoms with Crippen LogP contribution in [0.15, 0.2) is 48.5 Å². The molecule has 0 amide bonds. The number of nitrogens with two attached hydrogens (primary N) is 1. The van der Waals surface area contributed by atoms with E-state index in [9.17, 15) is 5.26 Å². The lowest BCUT2D eigenvalue weighted by atomic mass is 9.92. The van der Waals surface area contributed by atoms with Crippen molar-refractivity contribution in [3.63, 3.8) is 0 Å². The van der Waals surface area contributed by atoms with Gasteiger partial charge in [-0.25, -0.2) is 0 Å². The van der Waals surface area contributed by atoms with Crippen LogP contribution in [0.3, 0.4) is 0 Å². The molecule has 0 saturated heterocycles. The van der Waals surface area contributed by atoms with Crippen molar-refractivity contribution in [3.05, 3.63) is 70.8 Å². The van der Waals surface area contributed by atoms with Gasteiger partial charge in [-0.3, -0.25) is 4.90 Å². The molecule has 0 radical (unpaired) electrons. The molecule has 3 nitrogen and oxygen atoms in total. The third kappa shape index (κ3) is 2.69. The zero-order valence-corrected chi connectivity index (χ0v) is 12.0. The van der Waals surface area contributed by atoms with Crippen molar-refractivity contribution in [2.45, 2.75) is 19.0 Å². The van der Waals surface area contributed by atoms with Crippen LogP contribution in [-0.2, 0) is 13.0 Å². The molecule has 0 bridgehead atoms. The third-order valence-corrected chi connectivity index (χ3v) is 4.26. The smallest absolute Gasteiger partial charge is 0.0995 e. The van der Waals surface area contributed by atoms with Gasteiger partial charge in [-0.1, -0.05) is 42.5 Å². The van der Waals surface area contributed by atoms with Crippen LogP contribution in [0.2, 0.25) is 0 Å². The van der Waals surface area contributed by atoms with Crippen LogP contribution in [0, 0.1) is 11.3 Å². The number of nitriles is 1. The molecule has 0 fully saturated rings. The van der Waals surface area contributed by atoms with E-state index in [2.05, 4.69) is 35.2 Å². The van der Waals surface area contributed by atoms with Crippen LogP contribution >= 0.6 is 0 Å². The van der Waals surface area contributed by atoms with Gasteiger partial charge in [0.15, 0.2) is 0 Å². The maximum Gasteiger partial charge on any atom is 0.0995 e. The van der Waals surface area contributed by atoms with Crippen molar-refractivity contribution in [1.29, 1.82) is 5.26 Å². The Hall–Kier alpha value is -2.15. The predicted molar refractivity (Wildman–Crippen MR) is 83.5 cm³/mol. The van der Waals surface area contributed by atoms with Crippen molar-refractivity contribution in [2.24, 2.45) is 5.73 Å². The molecule has 0 spiro atoms. The summed E-state index contributed by atoms with van der Waals surface area (Å²) >= 11 is 0. The average molecular weight is 277 g/mol. The molecule has 21 heavy (non-hydrogen) atoms. The van der Waals surface area contributed by atoms with Crippen LogP contribution in [0.25, 0.3) is 0 Å². The fourth-order valence-electron chi connectivity index (χ4n) is 3.15. The van der Waals surface area contributed by atoms with Crippen LogP contribution in [0.4, 0.5) is 0 Å². The van der Waals surface area contributed by atoms with Gasteiger partial charge in [-0.05, 0) is 29.2 Å².